The molecule has 0 saturated carbocycles. The fraction of sp³-hybridized carbons (Fsp3) is 0.375. The number of aryl methyl sites for hydroxylation is 1. The SMILES string of the molecule is Cc1ccc([C@@H]2C(C#N)=C(N)Oc3n[nH]c(C(C)(C)C)c32)o1. The molecule has 3 heterocycles. The van der Waals surface area contributed by atoms with Gasteiger partial charge in [0, 0.05) is 11.1 Å². The number of nitrogens with one attached hydrogen (secondary N) is 1. The van der Waals surface area contributed by atoms with Crippen LogP contribution in [0.4, 0.5) is 0 Å². The highest BCUT2D eigenvalue weighted by atomic mass is 16.5. The van der Waals surface area contributed by atoms with Crippen LogP contribution in [0.1, 0.15) is 49.5 Å². The summed E-state index contributed by atoms with van der Waals surface area (Å²) in [7, 11) is 0. The van der Waals surface area contributed by atoms with Crippen LogP contribution in [0.2, 0.25) is 0 Å². The largest absolute Gasteiger partial charge is 0.465 e. The van der Waals surface area contributed by atoms with Gasteiger partial charge in [0.25, 0.3) is 0 Å². The van der Waals surface area contributed by atoms with Gasteiger partial charge in [0.1, 0.15) is 23.2 Å². The van der Waals surface area contributed by atoms with E-state index >= 15 is 0 Å². The van der Waals surface area contributed by atoms with Gasteiger partial charge in [-0.2, -0.15) is 5.26 Å². The number of hydrogen-bond donors (Lipinski definition) is 2. The van der Waals surface area contributed by atoms with Gasteiger partial charge in [0.2, 0.25) is 11.8 Å². The molecule has 1 aliphatic heterocycles. The zero-order valence-corrected chi connectivity index (χ0v) is 13.0. The fourth-order valence-electron chi connectivity index (χ4n) is 2.71. The molecule has 6 heteroatoms. The van der Waals surface area contributed by atoms with E-state index in [0.717, 1.165) is 17.0 Å². The lowest BCUT2D eigenvalue weighted by molar-refractivity contribution is 0.368. The smallest absolute Gasteiger partial charge is 0.244 e. The molecule has 0 saturated heterocycles. The van der Waals surface area contributed by atoms with E-state index in [9.17, 15) is 5.26 Å². The zero-order chi connectivity index (χ0) is 16.1. The average Bonchev–Trinajstić information content (AvgIpc) is 3.02. The highest BCUT2D eigenvalue weighted by Crippen LogP contribution is 2.45. The summed E-state index contributed by atoms with van der Waals surface area (Å²) in [5, 5.41) is 16.7. The van der Waals surface area contributed by atoms with Crippen LogP contribution in [0.15, 0.2) is 28.0 Å². The monoisotopic (exact) mass is 298 g/mol. The number of aromatic nitrogens is 2. The van der Waals surface area contributed by atoms with Crippen molar-refractivity contribution >= 4 is 0 Å². The molecule has 0 amide bonds. The summed E-state index contributed by atoms with van der Waals surface area (Å²) in [5.74, 6) is 1.50. The van der Waals surface area contributed by atoms with Crippen LogP contribution in [0.3, 0.4) is 0 Å². The number of nitriles is 1. The van der Waals surface area contributed by atoms with E-state index in [0.29, 0.717) is 17.2 Å². The zero-order valence-electron chi connectivity index (χ0n) is 13.0. The Morgan fingerprint density at radius 3 is 2.64 bits per heavy atom. The minimum atomic E-state index is -0.407. The van der Waals surface area contributed by atoms with Crippen molar-refractivity contribution in [3.05, 3.63) is 46.4 Å². The number of nitrogens with two attached hydrogens (primary N) is 1. The Morgan fingerprint density at radius 2 is 2.09 bits per heavy atom. The van der Waals surface area contributed by atoms with Gasteiger partial charge < -0.3 is 14.9 Å². The molecule has 2 aromatic heterocycles. The van der Waals surface area contributed by atoms with Crippen LogP contribution in [0.5, 0.6) is 5.88 Å². The van der Waals surface area contributed by atoms with Crippen LogP contribution in [0, 0.1) is 18.3 Å². The summed E-state index contributed by atoms with van der Waals surface area (Å²) < 4.78 is 11.3. The number of allylic oxidation sites excluding steroid dienone is 1. The van der Waals surface area contributed by atoms with Gasteiger partial charge in [-0.15, -0.1) is 5.10 Å². The molecule has 0 bridgehead atoms. The summed E-state index contributed by atoms with van der Waals surface area (Å²) in [4.78, 5) is 0. The van der Waals surface area contributed by atoms with Gasteiger partial charge in [-0.05, 0) is 19.1 Å². The Morgan fingerprint density at radius 1 is 1.36 bits per heavy atom. The van der Waals surface area contributed by atoms with Crippen LogP contribution in [-0.2, 0) is 5.41 Å². The summed E-state index contributed by atoms with van der Waals surface area (Å²) in [6.07, 6.45) is 0. The van der Waals surface area contributed by atoms with E-state index in [1.807, 2.05) is 19.1 Å². The molecule has 0 aromatic carbocycles. The summed E-state index contributed by atoms with van der Waals surface area (Å²) in [6.45, 7) is 8.07. The van der Waals surface area contributed by atoms with E-state index in [1.54, 1.807) is 0 Å². The fourth-order valence-corrected chi connectivity index (χ4v) is 2.71. The minimum absolute atomic E-state index is 0.0704. The molecule has 0 aliphatic carbocycles. The molecule has 2 aromatic rings. The molecule has 1 atom stereocenters. The lowest BCUT2D eigenvalue weighted by Crippen LogP contribution is -2.23. The average molecular weight is 298 g/mol. The summed E-state index contributed by atoms with van der Waals surface area (Å²) in [6, 6.07) is 5.88. The molecule has 0 spiro atoms. The van der Waals surface area contributed by atoms with E-state index in [1.165, 1.54) is 0 Å². The first-order valence-electron chi connectivity index (χ1n) is 7.05. The molecule has 6 nitrogen and oxygen atoms in total. The third kappa shape index (κ3) is 2.06. The van der Waals surface area contributed by atoms with Crippen LogP contribution >= 0.6 is 0 Å². The predicted molar refractivity (Wildman–Crippen MR) is 80.0 cm³/mol. The van der Waals surface area contributed by atoms with E-state index in [2.05, 4.69) is 37.0 Å². The van der Waals surface area contributed by atoms with Crippen molar-refractivity contribution < 1.29 is 9.15 Å². The van der Waals surface area contributed by atoms with E-state index in [-0.39, 0.29) is 11.3 Å². The van der Waals surface area contributed by atoms with Crippen molar-refractivity contribution in [1.82, 2.24) is 10.2 Å². The topological polar surface area (TPSA) is 101 Å². The Balaban J connectivity index is 2.27. The van der Waals surface area contributed by atoms with Crippen LogP contribution in [0.25, 0.3) is 0 Å². The van der Waals surface area contributed by atoms with Crippen molar-refractivity contribution in [2.24, 2.45) is 5.73 Å². The molecule has 3 N–H and O–H groups in total. The molecule has 22 heavy (non-hydrogen) atoms. The predicted octanol–water partition coefficient (Wildman–Crippen LogP) is 2.83. The Bertz CT molecular complexity index is 799. The molecular weight excluding hydrogens is 280 g/mol. The number of hydrogen-bond acceptors (Lipinski definition) is 5. The van der Waals surface area contributed by atoms with Crippen LogP contribution in [-0.4, -0.2) is 10.2 Å². The third-order valence-electron chi connectivity index (χ3n) is 3.73. The maximum atomic E-state index is 9.52. The molecule has 114 valence electrons. The van der Waals surface area contributed by atoms with Gasteiger partial charge >= 0.3 is 0 Å². The van der Waals surface area contributed by atoms with Crippen molar-refractivity contribution in [3.8, 4) is 11.9 Å². The maximum absolute atomic E-state index is 9.52. The molecule has 1 aliphatic rings. The molecular formula is C16H18N4O2. The van der Waals surface area contributed by atoms with Gasteiger partial charge in [0.05, 0.1) is 11.5 Å². The van der Waals surface area contributed by atoms with Crippen LogP contribution < -0.4 is 10.5 Å². The van der Waals surface area contributed by atoms with Gasteiger partial charge in [-0.3, -0.25) is 5.10 Å². The molecule has 3 rings (SSSR count). The summed E-state index contributed by atoms with van der Waals surface area (Å²) >= 11 is 0. The lowest BCUT2D eigenvalue weighted by Gasteiger charge is -2.26. The second kappa shape index (κ2) is 4.67. The maximum Gasteiger partial charge on any atom is 0.244 e. The minimum Gasteiger partial charge on any atom is -0.465 e. The highest BCUT2D eigenvalue weighted by Gasteiger charge is 2.39. The number of aromatic amines is 1. The molecule has 0 unspecified atom stereocenters. The standard InChI is InChI=1S/C16H18N4O2/c1-8-5-6-10(21-8)11-9(7-17)14(18)22-15-12(11)13(19-20-15)16(2,3)4/h5-6,11H,18H2,1-4H3,(H,19,20)/t11-/m0/s1. The Labute approximate surface area is 128 Å². The second-order valence-electron chi connectivity index (χ2n) is 6.44. The first-order valence-corrected chi connectivity index (χ1v) is 7.05. The second-order valence-corrected chi connectivity index (χ2v) is 6.44. The van der Waals surface area contributed by atoms with Gasteiger partial charge in [-0.25, -0.2) is 0 Å². The van der Waals surface area contributed by atoms with Gasteiger partial charge in [0.15, 0.2) is 0 Å². The Kier molecular flexibility index (Phi) is 3.03. The number of fused-ring (bicyclic) bond motifs is 1. The molecule has 0 fully saturated rings. The van der Waals surface area contributed by atoms with Gasteiger partial charge in [-0.1, -0.05) is 20.8 Å². The third-order valence-corrected chi connectivity index (χ3v) is 3.73. The van der Waals surface area contributed by atoms with Crippen molar-refractivity contribution in [2.75, 3.05) is 0 Å². The number of ether oxygens (including phenoxy) is 1. The summed E-state index contributed by atoms with van der Waals surface area (Å²) in [5.41, 5.74) is 7.77. The first kappa shape index (κ1) is 14.3. The number of nitrogens with zero attached hydrogens (tertiary/aromatic N) is 2. The quantitative estimate of drug-likeness (QED) is 0.843. The van der Waals surface area contributed by atoms with E-state index in [4.69, 9.17) is 14.9 Å². The first-order chi connectivity index (χ1) is 10.3. The van der Waals surface area contributed by atoms with Crippen molar-refractivity contribution in [3.63, 3.8) is 0 Å². The number of rotatable bonds is 1. The normalized spacial score (nSPS) is 17.9. The number of furan rings is 1. The Hall–Kier alpha value is -2.68. The highest BCUT2D eigenvalue weighted by molar-refractivity contribution is 5.54. The molecule has 0 radical (unpaired) electrons. The van der Waals surface area contributed by atoms with Crippen molar-refractivity contribution in [2.45, 2.75) is 39.0 Å². The lowest BCUT2D eigenvalue weighted by atomic mass is 9.81. The number of H-pyrrole nitrogens is 1. The van der Waals surface area contributed by atoms with Crippen molar-refractivity contribution in [1.29, 1.82) is 5.26 Å². The van der Waals surface area contributed by atoms with E-state index < -0.39 is 5.92 Å².